The minimum Gasteiger partial charge on any atom is -0.467 e. The average molecular weight is 256 g/mol. The summed E-state index contributed by atoms with van der Waals surface area (Å²) in [6, 6.07) is 17.0. The van der Waals surface area contributed by atoms with E-state index in [1.165, 1.54) is 6.92 Å². The Kier molecular flexibility index (Phi) is 4.70. The number of hydrogen-bond acceptors (Lipinski definition) is 3. The van der Waals surface area contributed by atoms with Gasteiger partial charge < -0.3 is 9.47 Å². The fraction of sp³-hybridized carbons (Fsp3) is 0.188. The van der Waals surface area contributed by atoms with Crippen molar-refractivity contribution in [1.82, 2.24) is 0 Å². The minimum atomic E-state index is -0.0151. The van der Waals surface area contributed by atoms with Gasteiger partial charge in [0.25, 0.3) is 0 Å². The molecule has 0 aliphatic heterocycles. The predicted molar refractivity (Wildman–Crippen MR) is 73.2 cm³/mol. The minimum absolute atomic E-state index is 0.0151. The Balaban J connectivity index is 1.85. The van der Waals surface area contributed by atoms with E-state index in [4.69, 9.17) is 9.47 Å². The lowest BCUT2D eigenvalue weighted by Crippen LogP contribution is -2.06. The number of ketones is 1. The zero-order valence-corrected chi connectivity index (χ0v) is 10.8. The van der Waals surface area contributed by atoms with Crippen LogP contribution in [-0.4, -0.2) is 12.6 Å². The Labute approximate surface area is 112 Å². The van der Waals surface area contributed by atoms with E-state index in [2.05, 4.69) is 0 Å². The van der Waals surface area contributed by atoms with Crippen LogP contribution in [0.2, 0.25) is 0 Å². The fourth-order valence-electron chi connectivity index (χ4n) is 1.72. The number of carbonyl (C=O) groups is 1. The van der Waals surface area contributed by atoms with Gasteiger partial charge in [-0.05, 0) is 24.6 Å². The van der Waals surface area contributed by atoms with Crippen LogP contribution in [0.25, 0.3) is 0 Å². The van der Waals surface area contributed by atoms with Gasteiger partial charge in [0.15, 0.2) is 12.6 Å². The first kappa shape index (κ1) is 13.3. The topological polar surface area (TPSA) is 35.5 Å². The second kappa shape index (κ2) is 6.71. The van der Waals surface area contributed by atoms with Crippen LogP contribution in [-0.2, 0) is 11.3 Å². The van der Waals surface area contributed by atoms with E-state index < -0.39 is 0 Å². The summed E-state index contributed by atoms with van der Waals surface area (Å²) in [4.78, 5) is 11.4. The summed E-state index contributed by atoms with van der Waals surface area (Å²) in [5.74, 6) is 0.543. The van der Waals surface area contributed by atoms with E-state index in [0.717, 1.165) is 5.56 Å². The van der Waals surface area contributed by atoms with E-state index in [1.54, 1.807) is 12.1 Å². The highest BCUT2D eigenvalue weighted by Crippen LogP contribution is 2.18. The Morgan fingerprint density at radius 2 is 1.68 bits per heavy atom. The number of ether oxygens (including phenoxy) is 2. The van der Waals surface area contributed by atoms with Crippen molar-refractivity contribution in [2.75, 3.05) is 6.79 Å². The van der Waals surface area contributed by atoms with Gasteiger partial charge in [-0.25, -0.2) is 0 Å². The summed E-state index contributed by atoms with van der Waals surface area (Å²) in [5, 5.41) is 0. The van der Waals surface area contributed by atoms with E-state index in [-0.39, 0.29) is 12.6 Å². The van der Waals surface area contributed by atoms with Crippen LogP contribution in [0.15, 0.2) is 54.6 Å². The number of rotatable bonds is 6. The summed E-state index contributed by atoms with van der Waals surface area (Å²) < 4.78 is 10.9. The van der Waals surface area contributed by atoms with Crippen LogP contribution in [0.5, 0.6) is 5.75 Å². The molecule has 0 N–H and O–H groups in total. The number of benzene rings is 2. The molecule has 0 saturated carbocycles. The van der Waals surface area contributed by atoms with Crippen molar-refractivity contribution in [3.05, 3.63) is 65.7 Å². The molecule has 0 saturated heterocycles. The third-order valence-corrected chi connectivity index (χ3v) is 2.68. The van der Waals surface area contributed by atoms with Crippen LogP contribution in [0.3, 0.4) is 0 Å². The molecule has 3 nitrogen and oxygen atoms in total. The van der Waals surface area contributed by atoms with Gasteiger partial charge in [0.1, 0.15) is 5.75 Å². The first-order valence-corrected chi connectivity index (χ1v) is 6.12. The summed E-state index contributed by atoms with van der Waals surface area (Å²) in [7, 11) is 0. The molecule has 0 aliphatic rings. The highest BCUT2D eigenvalue weighted by Gasteiger charge is 2.06. The van der Waals surface area contributed by atoms with Gasteiger partial charge in [0, 0.05) is 0 Å². The molecule has 0 atom stereocenters. The van der Waals surface area contributed by atoms with Crippen molar-refractivity contribution in [3.63, 3.8) is 0 Å². The van der Waals surface area contributed by atoms with E-state index in [1.807, 2.05) is 42.5 Å². The van der Waals surface area contributed by atoms with Gasteiger partial charge in [-0.15, -0.1) is 0 Å². The lowest BCUT2D eigenvalue weighted by atomic mass is 10.1. The summed E-state index contributed by atoms with van der Waals surface area (Å²) in [6.45, 7) is 2.13. The molecule has 0 unspecified atom stereocenters. The van der Waals surface area contributed by atoms with Crippen molar-refractivity contribution >= 4 is 5.78 Å². The van der Waals surface area contributed by atoms with Crippen LogP contribution in [0.1, 0.15) is 22.8 Å². The fourth-order valence-corrected chi connectivity index (χ4v) is 1.72. The van der Waals surface area contributed by atoms with Crippen LogP contribution in [0.4, 0.5) is 0 Å². The van der Waals surface area contributed by atoms with Gasteiger partial charge in [0.2, 0.25) is 0 Å². The van der Waals surface area contributed by atoms with Gasteiger partial charge in [-0.2, -0.15) is 0 Å². The summed E-state index contributed by atoms with van der Waals surface area (Å²) >= 11 is 0. The molecule has 2 rings (SSSR count). The molecular formula is C16H16O3. The molecule has 98 valence electrons. The highest BCUT2D eigenvalue weighted by molar-refractivity contribution is 5.96. The normalized spacial score (nSPS) is 10.2. The molecule has 3 heteroatoms. The van der Waals surface area contributed by atoms with Crippen LogP contribution < -0.4 is 4.74 Å². The highest BCUT2D eigenvalue weighted by atomic mass is 16.7. The number of Topliss-reactive ketones (excluding diaryl/α,β-unsaturated/α-hetero) is 1. The summed E-state index contributed by atoms with van der Waals surface area (Å²) in [5.41, 5.74) is 1.66. The Hall–Kier alpha value is -2.13. The number of hydrogen-bond donors (Lipinski definition) is 0. The molecular weight excluding hydrogens is 240 g/mol. The lowest BCUT2D eigenvalue weighted by Gasteiger charge is -2.10. The van der Waals surface area contributed by atoms with E-state index >= 15 is 0 Å². The quantitative estimate of drug-likeness (QED) is 0.451. The molecule has 0 heterocycles. The van der Waals surface area contributed by atoms with Crippen molar-refractivity contribution in [3.8, 4) is 5.75 Å². The molecule has 0 bridgehead atoms. The predicted octanol–water partition coefficient (Wildman–Crippen LogP) is 3.44. The zero-order valence-electron chi connectivity index (χ0n) is 10.8. The van der Waals surface area contributed by atoms with Crippen molar-refractivity contribution < 1.29 is 14.3 Å². The Morgan fingerprint density at radius 3 is 2.42 bits per heavy atom. The van der Waals surface area contributed by atoms with Crippen LogP contribution >= 0.6 is 0 Å². The van der Waals surface area contributed by atoms with E-state index in [9.17, 15) is 4.79 Å². The third-order valence-electron chi connectivity index (χ3n) is 2.68. The Morgan fingerprint density at radius 1 is 1.00 bits per heavy atom. The molecule has 0 fully saturated rings. The smallest absolute Gasteiger partial charge is 0.189 e. The van der Waals surface area contributed by atoms with Gasteiger partial charge in [-0.3, -0.25) is 4.79 Å². The van der Waals surface area contributed by atoms with Gasteiger partial charge >= 0.3 is 0 Å². The Bertz CT molecular complexity index is 535. The maximum Gasteiger partial charge on any atom is 0.189 e. The molecule has 0 amide bonds. The second-order valence-corrected chi connectivity index (χ2v) is 4.15. The largest absolute Gasteiger partial charge is 0.467 e. The first-order valence-electron chi connectivity index (χ1n) is 6.12. The van der Waals surface area contributed by atoms with Gasteiger partial charge in [0.05, 0.1) is 12.2 Å². The van der Waals surface area contributed by atoms with E-state index in [0.29, 0.717) is 17.9 Å². The number of carbonyl (C=O) groups excluding carboxylic acids is 1. The zero-order chi connectivity index (χ0) is 13.5. The number of para-hydroxylation sites is 1. The standard InChI is InChI=1S/C16H16O3/c1-13(17)15-9-5-6-10-16(15)19-12-18-11-14-7-3-2-4-8-14/h2-10H,11-12H2,1H3. The molecule has 0 aliphatic carbocycles. The first-order chi connectivity index (χ1) is 9.27. The van der Waals surface area contributed by atoms with Crippen LogP contribution in [0, 0.1) is 0 Å². The average Bonchev–Trinajstić information content (AvgIpc) is 2.45. The van der Waals surface area contributed by atoms with Crippen molar-refractivity contribution in [1.29, 1.82) is 0 Å². The molecule has 0 spiro atoms. The maximum absolute atomic E-state index is 11.4. The third kappa shape index (κ3) is 3.93. The molecule has 19 heavy (non-hydrogen) atoms. The molecule has 0 radical (unpaired) electrons. The molecule has 2 aromatic carbocycles. The molecule has 0 aromatic heterocycles. The van der Waals surface area contributed by atoms with Crippen molar-refractivity contribution in [2.45, 2.75) is 13.5 Å². The summed E-state index contributed by atoms with van der Waals surface area (Å²) in [6.07, 6.45) is 0. The lowest BCUT2D eigenvalue weighted by molar-refractivity contribution is 0.00469. The molecule has 2 aromatic rings. The maximum atomic E-state index is 11.4. The SMILES string of the molecule is CC(=O)c1ccccc1OCOCc1ccccc1. The monoisotopic (exact) mass is 256 g/mol. The van der Waals surface area contributed by atoms with Gasteiger partial charge in [-0.1, -0.05) is 42.5 Å². The second-order valence-electron chi connectivity index (χ2n) is 4.15. The van der Waals surface area contributed by atoms with Crippen molar-refractivity contribution in [2.24, 2.45) is 0 Å².